The molecule has 1 N–H and O–H groups in total. The van der Waals surface area contributed by atoms with Crippen LogP contribution in [0.3, 0.4) is 0 Å². The Morgan fingerprint density at radius 1 is 1.04 bits per heavy atom. The van der Waals surface area contributed by atoms with Crippen molar-refractivity contribution in [3.8, 4) is 5.75 Å². The van der Waals surface area contributed by atoms with Gasteiger partial charge in [0, 0.05) is 11.3 Å². The summed E-state index contributed by atoms with van der Waals surface area (Å²) in [5, 5.41) is 2.27. The van der Waals surface area contributed by atoms with Gasteiger partial charge in [-0.3, -0.25) is 4.79 Å². The van der Waals surface area contributed by atoms with Gasteiger partial charge < -0.3 is 10.1 Å². The number of amides is 1. The van der Waals surface area contributed by atoms with Gasteiger partial charge in [-0.05, 0) is 42.5 Å². The second-order valence-corrected chi connectivity index (χ2v) is 4.55. The highest BCUT2D eigenvalue weighted by Crippen LogP contribution is 2.32. The average Bonchev–Trinajstić information content (AvgIpc) is 2.48. The molecular weight excluding hydrogens is 340 g/mol. The van der Waals surface area contributed by atoms with Gasteiger partial charge in [0.2, 0.25) is 0 Å². The molecule has 0 atom stereocenters. The first kappa shape index (κ1) is 17.6. The van der Waals surface area contributed by atoms with Crippen LogP contribution in [0.5, 0.6) is 5.75 Å². The lowest BCUT2D eigenvalue weighted by Crippen LogP contribution is -2.15. The number of hydrogen-bond acceptors (Lipinski definition) is 2. The molecule has 2 aromatic carbocycles. The molecule has 0 bridgehead atoms. The summed E-state index contributed by atoms with van der Waals surface area (Å²) in [6, 6.07) is 6.57. The number of benzene rings is 2. The van der Waals surface area contributed by atoms with Crippen molar-refractivity contribution < 1.29 is 35.9 Å². The van der Waals surface area contributed by atoms with Gasteiger partial charge in [0.05, 0.1) is 5.56 Å². The van der Waals surface area contributed by atoms with Crippen LogP contribution in [0.15, 0.2) is 42.5 Å². The third kappa shape index (κ3) is 4.40. The van der Waals surface area contributed by atoms with Crippen molar-refractivity contribution in [3.05, 3.63) is 59.4 Å². The number of ether oxygens (including phenoxy) is 1. The Balaban J connectivity index is 2.15. The Morgan fingerprint density at radius 3 is 2.21 bits per heavy atom. The lowest BCUT2D eigenvalue weighted by atomic mass is 10.1. The van der Waals surface area contributed by atoms with E-state index in [1.807, 2.05) is 0 Å². The van der Waals surface area contributed by atoms with Crippen molar-refractivity contribution in [1.29, 1.82) is 0 Å². The third-order valence-electron chi connectivity index (χ3n) is 2.87. The lowest BCUT2D eigenvalue weighted by molar-refractivity contribution is -0.140. The molecule has 3 nitrogen and oxygen atoms in total. The molecule has 1 amide bonds. The molecule has 2 rings (SSSR count). The van der Waals surface area contributed by atoms with Gasteiger partial charge in [-0.25, -0.2) is 4.39 Å². The first-order valence-corrected chi connectivity index (χ1v) is 6.40. The summed E-state index contributed by atoms with van der Waals surface area (Å²) in [4.78, 5) is 11.9. The van der Waals surface area contributed by atoms with Gasteiger partial charge in [-0.2, -0.15) is 22.0 Å². The van der Waals surface area contributed by atoms with Crippen molar-refractivity contribution in [3.63, 3.8) is 0 Å². The van der Waals surface area contributed by atoms with Gasteiger partial charge >= 0.3 is 12.8 Å². The molecule has 0 spiro atoms. The maximum atomic E-state index is 13.2. The fourth-order valence-corrected chi connectivity index (χ4v) is 1.81. The van der Waals surface area contributed by atoms with Crippen LogP contribution in [0, 0.1) is 5.82 Å². The third-order valence-corrected chi connectivity index (χ3v) is 2.87. The molecule has 0 radical (unpaired) electrons. The van der Waals surface area contributed by atoms with Crippen molar-refractivity contribution in [2.45, 2.75) is 12.8 Å². The minimum atomic E-state index is -4.94. The van der Waals surface area contributed by atoms with E-state index in [0.29, 0.717) is 12.1 Å². The van der Waals surface area contributed by atoms with E-state index in [9.17, 15) is 31.1 Å². The molecule has 0 unspecified atom stereocenters. The number of carbonyl (C=O) groups is 1. The van der Waals surface area contributed by atoms with E-state index in [2.05, 4.69) is 10.1 Å². The van der Waals surface area contributed by atoms with E-state index >= 15 is 0 Å². The molecule has 0 aliphatic carbocycles. The van der Waals surface area contributed by atoms with Gasteiger partial charge in [0.15, 0.2) is 0 Å². The van der Waals surface area contributed by atoms with E-state index in [1.165, 1.54) is 12.1 Å². The fraction of sp³-hybridized carbons (Fsp3) is 0.133. The number of hydrogen-bond donors (Lipinski definition) is 1. The number of anilines is 1. The molecule has 9 heteroatoms. The molecule has 0 saturated carbocycles. The standard InChI is InChI=1S/C15H9F6NO2/c16-12-6-1-8(7-11(12)15(19,20)21)13(23)22-9-2-4-10(5-3-9)24-14(17)18/h1-7,14H,(H,22,23). The van der Waals surface area contributed by atoms with Crippen LogP contribution in [0.1, 0.15) is 15.9 Å². The zero-order valence-corrected chi connectivity index (χ0v) is 11.7. The van der Waals surface area contributed by atoms with Crippen molar-refractivity contribution in [2.24, 2.45) is 0 Å². The van der Waals surface area contributed by atoms with E-state index < -0.39 is 35.6 Å². The second kappa shape index (κ2) is 6.81. The highest BCUT2D eigenvalue weighted by atomic mass is 19.4. The molecule has 0 heterocycles. The first-order chi connectivity index (χ1) is 11.2. The monoisotopic (exact) mass is 349 g/mol. The van der Waals surface area contributed by atoms with Gasteiger partial charge in [-0.1, -0.05) is 0 Å². The highest BCUT2D eigenvalue weighted by molar-refractivity contribution is 6.04. The molecular formula is C15H9F6NO2. The maximum Gasteiger partial charge on any atom is 0.419 e. The van der Waals surface area contributed by atoms with Crippen LogP contribution in [0.2, 0.25) is 0 Å². The summed E-state index contributed by atoms with van der Waals surface area (Å²) in [7, 11) is 0. The minimum Gasteiger partial charge on any atom is -0.435 e. The largest absolute Gasteiger partial charge is 0.435 e. The Hall–Kier alpha value is -2.71. The summed E-state index contributed by atoms with van der Waals surface area (Å²) in [6.45, 7) is -3.01. The molecule has 24 heavy (non-hydrogen) atoms. The SMILES string of the molecule is O=C(Nc1ccc(OC(F)F)cc1)c1ccc(F)c(C(F)(F)F)c1. The van der Waals surface area contributed by atoms with E-state index in [4.69, 9.17) is 0 Å². The number of rotatable bonds is 4. The summed E-state index contributed by atoms with van der Waals surface area (Å²) in [6.07, 6.45) is -4.94. The zero-order valence-electron chi connectivity index (χ0n) is 11.7. The topological polar surface area (TPSA) is 38.3 Å². The van der Waals surface area contributed by atoms with Crippen LogP contribution in [-0.2, 0) is 6.18 Å². The summed E-state index contributed by atoms with van der Waals surface area (Å²) in [5.41, 5.74) is -1.83. The predicted octanol–water partition coefficient (Wildman–Crippen LogP) is 4.70. The van der Waals surface area contributed by atoms with E-state index in [1.54, 1.807) is 0 Å². The summed E-state index contributed by atoms with van der Waals surface area (Å²) in [5.74, 6) is -2.56. The van der Waals surface area contributed by atoms with E-state index in [0.717, 1.165) is 18.2 Å². The van der Waals surface area contributed by atoms with Crippen LogP contribution < -0.4 is 10.1 Å². The van der Waals surface area contributed by atoms with Crippen molar-refractivity contribution in [2.75, 3.05) is 5.32 Å². The van der Waals surface area contributed by atoms with Crippen LogP contribution >= 0.6 is 0 Å². The van der Waals surface area contributed by atoms with Crippen molar-refractivity contribution in [1.82, 2.24) is 0 Å². The molecule has 2 aromatic rings. The molecule has 0 aliphatic heterocycles. The average molecular weight is 349 g/mol. The smallest absolute Gasteiger partial charge is 0.419 e. The minimum absolute atomic E-state index is 0.138. The summed E-state index contributed by atoms with van der Waals surface area (Å²) >= 11 is 0. The van der Waals surface area contributed by atoms with Crippen LogP contribution in [0.25, 0.3) is 0 Å². The lowest BCUT2D eigenvalue weighted by Gasteiger charge is -2.11. The maximum absolute atomic E-state index is 13.2. The highest BCUT2D eigenvalue weighted by Gasteiger charge is 2.34. The normalized spacial score (nSPS) is 11.5. The summed E-state index contributed by atoms with van der Waals surface area (Å²) < 4.78 is 79.2. The number of alkyl halides is 5. The van der Waals surface area contributed by atoms with Gasteiger partial charge in [-0.15, -0.1) is 0 Å². The van der Waals surface area contributed by atoms with E-state index in [-0.39, 0.29) is 11.4 Å². The predicted molar refractivity (Wildman–Crippen MR) is 72.4 cm³/mol. The van der Waals surface area contributed by atoms with Crippen LogP contribution in [-0.4, -0.2) is 12.5 Å². The second-order valence-electron chi connectivity index (χ2n) is 4.55. The fourth-order valence-electron chi connectivity index (χ4n) is 1.81. The molecule has 0 fully saturated rings. The van der Waals surface area contributed by atoms with Gasteiger partial charge in [0.25, 0.3) is 5.91 Å². The Bertz CT molecular complexity index is 728. The quantitative estimate of drug-likeness (QED) is 0.813. The Labute approximate surface area is 131 Å². The zero-order chi connectivity index (χ0) is 17.9. The number of carbonyl (C=O) groups excluding carboxylic acids is 1. The Kier molecular flexibility index (Phi) is 5.01. The van der Waals surface area contributed by atoms with Gasteiger partial charge in [0.1, 0.15) is 11.6 Å². The van der Waals surface area contributed by atoms with Crippen molar-refractivity contribution >= 4 is 11.6 Å². The number of halogens is 6. The molecule has 128 valence electrons. The van der Waals surface area contributed by atoms with Crippen LogP contribution in [0.4, 0.5) is 32.0 Å². The Morgan fingerprint density at radius 2 is 1.67 bits per heavy atom. The molecule has 0 aromatic heterocycles. The molecule has 0 aliphatic rings. The first-order valence-electron chi connectivity index (χ1n) is 6.40. The molecule has 0 saturated heterocycles. The number of nitrogens with one attached hydrogen (secondary N) is 1.